The van der Waals surface area contributed by atoms with Crippen LogP contribution in [0.25, 0.3) is 0 Å². The molecule has 88 valence electrons. The standard InChI is InChI=1S/C11H14FNO3/c1-14-10-3-2-7(12)4-9(10)11-15-5-8(13)6-16-11/h2-4,8,11H,5-6,13H2,1H3. The predicted molar refractivity (Wildman–Crippen MR) is 55.6 cm³/mol. The lowest BCUT2D eigenvalue weighted by atomic mass is 10.1. The lowest BCUT2D eigenvalue weighted by molar-refractivity contribution is -0.190. The van der Waals surface area contributed by atoms with Crippen LogP contribution in [0.15, 0.2) is 18.2 Å². The molecule has 1 aromatic rings. The molecule has 0 bridgehead atoms. The number of methoxy groups -OCH3 is 1. The van der Waals surface area contributed by atoms with Gasteiger partial charge < -0.3 is 19.9 Å². The predicted octanol–water partition coefficient (Wildman–Crippen LogP) is 1.21. The first-order valence-corrected chi connectivity index (χ1v) is 5.03. The Morgan fingerprint density at radius 3 is 2.69 bits per heavy atom. The molecule has 1 aliphatic rings. The van der Waals surface area contributed by atoms with Crippen LogP contribution in [0, 0.1) is 5.82 Å². The third-order valence-electron chi connectivity index (χ3n) is 2.37. The minimum absolute atomic E-state index is 0.129. The number of hydrogen-bond acceptors (Lipinski definition) is 4. The Morgan fingerprint density at radius 1 is 1.38 bits per heavy atom. The maximum absolute atomic E-state index is 13.1. The van der Waals surface area contributed by atoms with Gasteiger partial charge in [0, 0.05) is 0 Å². The normalized spacial score (nSPS) is 25.4. The van der Waals surface area contributed by atoms with E-state index in [2.05, 4.69) is 0 Å². The molecule has 1 aliphatic heterocycles. The zero-order chi connectivity index (χ0) is 11.5. The van der Waals surface area contributed by atoms with Crippen LogP contribution in [0.2, 0.25) is 0 Å². The van der Waals surface area contributed by atoms with Crippen molar-refractivity contribution in [1.82, 2.24) is 0 Å². The maximum Gasteiger partial charge on any atom is 0.187 e. The van der Waals surface area contributed by atoms with Crippen LogP contribution in [0.1, 0.15) is 11.9 Å². The summed E-state index contributed by atoms with van der Waals surface area (Å²) in [5, 5.41) is 0. The van der Waals surface area contributed by atoms with Crippen LogP contribution >= 0.6 is 0 Å². The lowest BCUT2D eigenvalue weighted by Crippen LogP contribution is -2.38. The molecule has 1 aromatic carbocycles. The summed E-state index contributed by atoms with van der Waals surface area (Å²) >= 11 is 0. The van der Waals surface area contributed by atoms with Crippen LogP contribution in [0.5, 0.6) is 5.75 Å². The Labute approximate surface area is 93.1 Å². The molecular weight excluding hydrogens is 213 g/mol. The summed E-state index contributed by atoms with van der Waals surface area (Å²) in [6.07, 6.45) is -0.606. The highest BCUT2D eigenvalue weighted by atomic mass is 19.1. The minimum Gasteiger partial charge on any atom is -0.496 e. The van der Waals surface area contributed by atoms with Gasteiger partial charge >= 0.3 is 0 Å². The van der Waals surface area contributed by atoms with Crippen LogP contribution in [-0.4, -0.2) is 26.4 Å². The molecule has 4 nitrogen and oxygen atoms in total. The average molecular weight is 227 g/mol. The molecule has 5 heteroatoms. The van der Waals surface area contributed by atoms with E-state index in [-0.39, 0.29) is 11.9 Å². The number of benzene rings is 1. The molecule has 0 spiro atoms. The topological polar surface area (TPSA) is 53.7 Å². The number of ether oxygens (including phenoxy) is 3. The molecule has 0 amide bonds. The quantitative estimate of drug-likeness (QED) is 0.825. The fourth-order valence-corrected chi connectivity index (χ4v) is 1.59. The second-order valence-corrected chi connectivity index (χ2v) is 3.64. The van der Waals surface area contributed by atoms with Gasteiger partial charge in [-0.05, 0) is 18.2 Å². The van der Waals surface area contributed by atoms with Gasteiger partial charge in [-0.1, -0.05) is 0 Å². The molecule has 1 saturated heterocycles. The molecule has 16 heavy (non-hydrogen) atoms. The molecule has 1 heterocycles. The van der Waals surface area contributed by atoms with Crippen LogP contribution in [0.3, 0.4) is 0 Å². The van der Waals surface area contributed by atoms with Gasteiger partial charge in [-0.25, -0.2) is 4.39 Å². The average Bonchev–Trinajstić information content (AvgIpc) is 2.30. The van der Waals surface area contributed by atoms with Crippen molar-refractivity contribution in [2.24, 2.45) is 5.73 Å². The third-order valence-corrected chi connectivity index (χ3v) is 2.37. The molecule has 0 aromatic heterocycles. The van der Waals surface area contributed by atoms with E-state index in [9.17, 15) is 4.39 Å². The second kappa shape index (κ2) is 4.78. The number of halogens is 1. The summed E-state index contributed by atoms with van der Waals surface area (Å²) in [5.41, 5.74) is 6.17. The van der Waals surface area contributed by atoms with Gasteiger partial charge in [0.25, 0.3) is 0 Å². The summed E-state index contributed by atoms with van der Waals surface area (Å²) in [6.45, 7) is 0.786. The first kappa shape index (κ1) is 11.3. The van der Waals surface area contributed by atoms with E-state index in [0.29, 0.717) is 24.5 Å². The Bertz CT molecular complexity index is 364. The van der Waals surface area contributed by atoms with Crippen molar-refractivity contribution >= 4 is 0 Å². The minimum atomic E-state index is -0.606. The van der Waals surface area contributed by atoms with Gasteiger partial charge in [0.2, 0.25) is 0 Å². The molecule has 0 saturated carbocycles. The van der Waals surface area contributed by atoms with E-state index in [0.717, 1.165) is 0 Å². The van der Waals surface area contributed by atoms with Gasteiger partial charge in [0.1, 0.15) is 11.6 Å². The van der Waals surface area contributed by atoms with E-state index in [1.807, 2.05) is 0 Å². The van der Waals surface area contributed by atoms with Crippen molar-refractivity contribution in [3.63, 3.8) is 0 Å². The molecular formula is C11H14FNO3. The van der Waals surface area contributed by atoms with Crippen molar-refractivity contribution in [2.75, 3.05) is 20.3 Å². The van der Waals surface area contributed by atoms with Crippen LogP contribution < -0.4 is 10.5 Å². The van der Waals surface area contributed by atoms with E-state index in [1.165, 1.54) is 19.2 Å². The molecule has 0 aliphatic carbocycles. The molecule has 0 radical (unpaired) electrons. The van der Waals surface area contributed by atoms with Crippen molar-refractivity contribution in [3.8, 4) is 5.75 Å². The number of nitrogens with two attached hydrogens (primary N) is 1. The third kappa shape index (κ3) is 2.32. The zero-order valence-corrected chi connectivity index (χ0v) is 8.98. The number of rotatable bonds is 2. The summed E-state index contributed by atoms with van der Waals surface area (Å²) in [7, 11) is 1.52. The smallest absolute Gasteiger partial charge is 0.187 e. The largest absolute Gasteiger partial charge is 0.496 e. The van der Waals surface area contributed by atoms with Crippen molar-refractivity contribution in [2.45, 2.75) is 12.3 Å². The molecule has 2 N–H and O–H groups in total. The van der Waals surface area contributed by atoms with E-state index >= 15 is 0 Å². The van der Waals surface area contributed by atoms with E-state index < -0.39 is 6.29 Å². The van der Waals surface area contributed by atoms with E-state index in [1.54, 1.807) is 6.07 Å². The highest BCUT2D eigenvalue weighted by Crippen LogP contribution is 2.30. The Hall–Kier alpha value is -1.17. The van der Waals surface area contributed by atoms with Crippen molar-refractivity contribution in [1.29, 1.82) is 0 Å². The highest BCUT2D eigenvalue weighted by molar-refractivity contribution is 5.35. The first-order chi connectivity index (χ1) is 7.70. The van der Waals surface area contributed by atoms with Crippen molar-refractivity contribution in [3.05, 3.63) is 29.6 Å². The molecule has 2 rings (SSSR count). The Balaban J connectivity index is 2.21. The zero-order valence-electron chi connectivity index (χ0n) is 8.98. The fraction of sp³-hybridized carbons (Fsp3) is 0.455. The van der Waals surface area contributed by atoms with Gasteiger partial charge in [-0.3, -0.25) is 0 Å². The summed E-state index contributed by atoms with van der Waals surface area (Å²) < 4.78 is 29.0. The number of hydrogen-bond donors (Lipinski definition) is 1. The second-order valence-electron chi connectivity index (χ2n) is 3.64. The summed E-state index contributed by atoms with van der Waals surface area (Å²) in [4.78, 5) is 0. The highest BCUT2D eigenvalue weighted by Gasteiger charge is 2.24. The summed E-state index contributed by atoms with van der Waals surface area (Å²) in [6, 6.07) is 4.10. The van der Waals surface area contributed by atoms with E-state index in [4.69, 9.17) is 19.9 Å². The van der Waals surface area contributed by atoms with Gasteiger partial charge in [0.05, 0.1) is 31.9 Å². The van der Waals surface area contributed by atoms with Crippen LogP contribution in [0.4, 0.5) is 4.39 Å². The molecule has 0 atom stereocenters. The molecule has 1 fully saturated rings. The summed E-state index contributed by atoms with van der Waals surface area (Å²) in [5.74, 6) is 0.194. The maximum atomic E-state index is 13.1. The monoisotopic (exact) mass is 227 g/mol. The van der Waals surface area contributed by atoms with Gasteiger partial charge in [0.15, 0.2) is 6.29 Å². The SMILES string of the molecule is COc1ccc(F)cc1C1OCC(N)CO1. The van der Waals surface area contributed by atoms with Crippen LogP contribution in [-0.2, 0) is 9.47 Å². The Morgan fingerprint density at radius 2 is 2.06 bits per heavy atom. The van der Waals surface area contributed by atoms with Gasteiger partial charge in [-0.2, -0.15) is 0 Å². The van der Waals surface area contributed by atoms with Gasteiger partial charge in [-0.15, -0.1) is 0 Å². The lowest BCUT2D eigenvalue weighted by Gasteiger charge is -2.28. The fourth-order valence-electron chi connectivity index (χ4n) is 1.59. The molecule has 0 unspecified atom stereocenters. The van der Waals surface area contributed by atoms with Crippen molar-refractivity contribution < 1.29 is 18.6 Å². The Kier molecular flexibility index (Phi) is 3.38. The first-order valence-electron chi connectivity index (χ1n) is 5.03.